The van der Waals surface area contributed by atoms with Crippen LogP contribution in [-0.4, -0.2) is 22.6 Å². The molecule has 4 fully saturated rings. The summed E-state index contributed by atoms with van der Waals surface area (Å²) in [4.78, 5) is 17.1. The molecule has 4 saturated carbocycles. The van der Waals surface area contributed by atoms with Gasteiger partial charge in [-0.2, -0.15) is 0 Å². The number of carbonyl (C=O) groups excluding carboxylic acids is 1. The lowest BCUT2D eigenvalue weighted by Crippen LogP contribution is -2.37. The molecule has 1 aromatic heterocycles. The van der Waals surface area contributed by atoms with E-state index in [9.17, 15) is 4.79 Å². The smallest absolute Gasteiger partial charge is 0.340 e. The number of anilines is 2. The third kappa shape index (κ3) is 3.91. The molecule has 38 heavy (non-hydrogen) atoms. The number of para-hydroxylation sites is 1. The Bertz CT molecular complexity index is 1490. The van der Waals surface area contributed by atoms with Gasteiger partial charge in [-0.15, -0.1) is 0 Å². The number of aryl methyl sites for hydroxylation is 1. The lowest BCUT2D eigenvalue weighted by atomic mass is 9.59. The number of aromatic nitrogens is 2. The van der Waals surface area contributed by atoms with Crippen molar-refractivity contribution in [3.05, 3.63) is 77.9 Å². The summed E-state index contributed by atoms with van der Waals surface area (Å²) in [5.74, 6) is 3.36. The average Bonchev–Trinajstić information content (AvgIpc) is 3.14. The van der Waals surface area contributed by atoms with E-state index < -0.39 is 0 Å². The van der Waals surface area contributed by atoms with Gasteiger partial charge in [-0.1, -0.05) is 18.2 Å². The Morgan fingerprint density at radius 2 is 1.61 bits per heavy atom. The summed E-state index contributed by atoms with van der Waals surface area (Å²) in [6.45, 7) is 0. The maximum absolute atomic E-state index is 12.3. The van der Waals surface area contributed by atoms with E-state index >= 15 is 0 Å². The third-order valence-electron chi connectivity index (χ3n) is 9.62. The van der Waals surface area contributed by atoms with E-state index in [1.807, 2.05) is 23.7 Å². The van der Waals surface area contributed by atoms with Crippen LogP contribution in [0.5, 0.6) is 0 Å². The summed E-state index contributed by atoms with van der Waals surface area (Å²) in [5.41, 5.74) is 7.22. The van der Waals surface area contributed by atoms with Gasteiger partial charge in [0, 0.05) is 25.4 Å². The normalized spacial score (nSPS) is 25.9. The number of benzene rings is 3. The van der Waals surface area contributed by atoms with Gasteiger partial charge >= 0.3 is 5.97 Å². The van der Waals surface area contributed by atoms with Crippen molar-refractivity contribution in [2.24, 2.45) is 24.8 Å². The van der Waals surface area contributed by atoms with E-state index in [4.69, 9.17) is 9.72 Å². The molecular weight excluding hydrogens is 470 g/mol. The molecule has 0 radical (unpaired) electrons. The van der Waals surface area contributed by atoms with Crippen LogP contribution in [0.4, 0.5) is 11.4 Å². The molecule has 4 aromatic rings. The molecule has 5 nitrogen and oxygen atoms in total. The molecular formula is C33H37N3O2. The van der Waals surface area contributed by atoms with Crippen molar-refractivity contribution in [2.45, 2.75) is 50.4 Å². The first-order valence-corrected chi connectivity index (χ1v) is 14.0. The summed E-state index contributed by atoms with van der Waals surface area (Å²) in [5, 5.41) is 3.58. The maximum atomic E-state index is 12.3. The van der Waals surface area contributed by atoms with Crippen molar-refractivity contribution in [1.82, 2.24) is 9.55 Å². The Hall–Kier alpha value is -3.60. The molecule has 2 unspecified atom stereocenters. The Balaban J connectivity index is 0.00000277. The first-order valence-electron chi connectivity index (χ1n) is 14.0. The topological polar surface area (TPSA) is 56.1 Å². The van der Waals surface area contributed by atoms with Crippen LogP contribution in [0.3, 0.4) is 0 Å². The van der Waals surface area contributed by atoms with Gasteiger partial charge in [0.05, 0.1) is 23.7 Å². The molecule has 4 bridgehead atoms. The Morgan fingerprint density at radius 3 is 2.29 bits per heavy atom. The molecule has 4 aliphatic carbocycles. The van der Waals surface area contributed by atoms with E-state index in [-0.39, 0.29) is 7.40 Å². The largest absolute Gasteiger partial charge is 0.465 e. The van der Waals surface area contributed by atoms with E-state index in [2.05, 4.69) is 53.8 Å². The fourth-order valence-electron chi connectivity index (χ4n) is 8.10. The molecule has 4 aliphatic rings. The van der Waals surface area contributed by atoms with Gasteiger partial charge in [0.15, 0.2) is 0 Å². The molecule has 0 amide bonds. The highest BCUT2D eigenvalue weighted by molar-refractivity contribution is 6.03. The molecule has 2 atom stereocenters. The molecule has 1 heterocycles. The summed E-state index contributed by atoms with van der Waals surface area (Å²) >= 11 is 0. The van der Waals surface area contributed by atoms with Gasteiger partial charge in [0.25, 0.3) is 0 Å². The number of carbonyl (C=O) groups is 1. The molecule has 8 rings (SSSR count). The SMILES string of the molecule is COC(=O)c1cccc2nc(-c3ccc(Nc4ccc(C56CCC7CC(CC(C7)C5)C6)cc4)cc3)n(C)c12.[HH]. The number of hydrogen-bond acceptors (Lipinski definition) is 4. The number of rotatable bonds is 5. The van der Waals surface area contributed by atoms with E-state index in [1.54, 1.807) is 11.6 Å². The Kier molecular flexibility index (Phi) is 5.57. The Labute approximate surface area is 225 Å². The molecule has 0 aliphatic heterocycles. The van der Waals surface area contributed by atoms with Crippen molar-refractivity contribution >= 4 is 28.4 Å². The highest BCUT2D eigenvalue weighted by atomic mass is 16.5. The van der Waals surface area contributed by atoms with Crippen molar-refractivity contribution in [3.63, 3.8) is 0 Å². The van der Waals surface area contributed by atoms with Gasteiger partial charge < -0.3 is 14.6 Å². The molecule has 3 aromatic carbocycles. The number of methoxy groups -OCH3 is 1. The highest BCUT2D eigenvalue weighted by Crippen LogP contribution is 2.58. The van der Waals surface area contributed by atoms with Crippen molar-refractivity contribution in [3.8, 4) is 11.4 Å². The second-order valence-electron chi connectivity index (χ2n) is 12.0. The van der Waals surface area contributed by atoms with Gasteiger partial charge in [-0.05, 0) is 122 Å². The van der Waals surface area contributed by atoms with E-state index in [0.717, 1.165) is 51.5 Å². The molecule has 0 spiro atoms. The average molecular weight is 508 g/mol. The summed E-state index contributed by atoms with van der Waals surface area (Å²) in [6.07, 6.45) is 10.0. The maximum Gasteiger partial charge on any atom is 0.340 e. The zero-order valence-electron chi connectivity index (χ0n) is 22.2. The second-order valence-corrected chi connectivity index (χ2v) is 12.0. The van der Waals surface area contributed by atoms with Crippen LogP contribution in [0.1, 0.15) is 62.3 Å². The minimum absolute atomic E-state index is 0. The van der Waals surface area contributed by atoms with Crippen LogP contribution in [0.15, 0.2) is 66.7 Å². The zero-order chi connectivity index (χ0) is 25.9. The van der Waals surface area contributed by atoms with Gasteiger partial charge in [-0.25, -0.2) is 9.78 Å². The lowest BCUT2D eigenvalue weighted by Gasteiger charge is -2.45. The van der Waals surface area contributed by atoms with Crippen LogP contribution in [0, 0.1) is 17.8 Å². The standard InChI is InChI=1S/C33H35N3O2.H2/c1-36-30-28(32(37)38-2)4-3-5-29(30)35-31(36)24-6-10-26(11-7-24)34-27-12-8-25(9-13-27)33-15-14-21-16-22(19-33)18-23(17-21)20-33;/h3-13,21-23,34H,14-20H2,1-2H3;1H. The number of imidazole rings is 1. The second kappa shape index (κ2) is 9.00. The van der Waals surface area contributed by atoms with Crippen LogP contribution in [-0.2, 0) is 17.2 Å². The number of fused-ring (bicyclic) bond motifs is 2. The number of ether oxygens (including phenoxy) is 1. The van der Waals surface area contributed by atoms with Crippen molar-refractivity contribution in [2.75, 3.05) is 12.4 Å². The number of hydrogen-bond donors (Lipinski definition) is 1. The third-order valence-corrected chi connectivity index (χ3v) is 9.62. The fraction of sp³-hybridized carbons (Fsp3) is 0.394. The van der Waals surface area contributed by atoms with Crippen molar-refractivity contribution < 1.29 is 11.0 Å². The van der Waals surface area contributed by atoms with E-state index in [1.165, 1.54) is 52.1 Å². The predicted molar refractivity (Wildman–Crippen MR) is 154 cm³/mol. The quantitative estimate of drug-likeness (QED) is 0.279. The minimum atomic E-state index is -0.352. The number of nitrogens with zero attached hydrogens (tertiary/aromatic N) is 2. The molecule has 0 saturated heterocycles. The van der Waals surface area contributed by atoms with Crippen LogP contribution >= 0.6 is 0 Å². The van der Waals surface area contributed by atoms with Gasteiger partial charge in [0.1, 0.15) is 5.82 Å². The van der Waals surface area contributed by atoms with Crippen LogP contribution in [0.2, 0.25) is 0 Å². The first kappa shape index (κ1) is 23.5. The summed E-state index contributed by atoms with van der Waals surface area (Å²) < 4.78 is 6.94. The molecule has 5 heteroatoms. The fourth-order valence-corrected chi connectivity index (χ4v) is 8.10. The summed E-state index contributed by atoms with van der Waals surface area (Å²) in [7, 11) is 3.35. The van der Waals surface area contributed by atoms with Crippen LogP contribution in [0.25, 0.3) is 22.4 Å². The van der Waals surface area contributed by atoms with Gasteiger partial charge in [0.2, 0.25) is 0 Å². The molecule has 1 N–H and O–H groups in total. The van der Waals surface area contributed by atoms with Crippen molar-refractivity contribution in [1.29, 1.82) is 0 Å². The summed E-state index contributed by atoms with van der Waals surface area (Å²) in [6, 6.07) is 23.2. The first-order chi connectivity index (χ1) is 18.5. The zero-order valence-corrected chi connectivity index (χ0v) is 22.2. The van der Waals surface area contributed by atoms with E-state index in [0.29, 0.717) is 11.0 Å². The lowest BCUT2D eigenvalue weighted by molar-refractivity contribution is 0.0602. The minimum Gasteiger partial charge on any atom is -0.465 e. The molecule has 196 valence electrons. The van der Waals surface area contributed by atoms with Crippen LogP contribution < -0.4 is 5.32 Å². The van der Waals surface area contributed by atoms with Gasteiger partial charge in [-0.3, -0.25) is 0 Å². The number of esters is 1. The predicted octanol–water partition coefficient (Wildman–Crippen LogP) is 7.87. The highest BCUT2D eigenvalue weighted by Gasteiger charge is 2.48. The monoisotopic (exact) mass is 507 g/mol. The Morgan fingerprint density at radius 1 is 0.947 bits per heavy atom. The number of nitrogens with one attached hydrogen (secondary N) is 1.